The molecule has 3 nitrogen and oxygen atoms in total. The van der Waals surface area contributed by atoms with E-state index in [9.17, 15) is 9.59 Å². The number of allylic oxidation sites excluding steroid dienone is 2. The van der Waals surface area contributed by atoms with E-state index in [1.54, 1.807) is 6.92 Å². The van der Waals surface area contributed by atoms with Crippen LogP contribution in [0.2, 0.25) is 0 Å². The molecule has 0 aromatic heterocycles. The summed E-state index contributed by atoms with van der Waals surface area (Å²) in [7, 11) is 0. The minimum Gasteiger partial charge on any atom is -0.481 e. The molecule has 0 unspecified atom stereocenters. The van der Waals surface area contributed by atoms with Crippen LogP contribution < -0.4 is 0 Å². The van der Waals surface area contributed by atoms with Crippen LogP contribution in [0.15, 0.2) is 11.6 Å². The molecule has 2 aliphatic carbocycles. The lowest BCUT2D eigenvalue weighted by atomic mass is 9.46. The lowest BCUT2D eigenvalue weighted by molar-refractivity contribution is -0.138. The molecule has 0 heterocycles. The maximum Gasteiger partial charge on any atom is 0.303 e. The molecule has 3 heteroatoms. The zero-order valence-electron chi connectivity index (χ0n) is 16.7. The number of fused-ring (bicyclic) bond motifs is 1. The minimum absolute atomic E-state index is 0.140. The van der Waals surface area contributed by atoms with Gasteiger partial charge in [0.1, 0.15) is 5.78 Å². The van der Waals surface area contributed by atoms with Crippen molar-refractivity contribution in [2.75, 3.05) is 0 Å². The van der Waals surface area contributed by atoms with Gasteiger partial charge in [-0.1, -0.05) is 39.3 Å². The van der Waals surface area contributed by atoms with Gasteiger partial charge in [0.15, 0.2) is 0 Å². The quantitative estimate of drug-likeness (QED) is 0.606. The van der Waals surface area contributed by atoms with Gasteiger partial charge in [0.05, 0.1) is 0 Å². The zero-order valence-corrected chi connectivity index (χ0v) is 16.7. The summed E-state index contributed by atoms with van der Waals surface area (Å²) in [6.07, 6.45) is 9.93. The molecule has 1 saturated carbocycles. The maximum atomic E-state index is 11.8. The van der Waals surface area contributed by atoms with Gasteiger partial charge < -0.3 is 5.11 Å². The van der Waals surface area contributed by atoms with Crippen LogP contribution in [-0.2, 0) is 9.59 Å². The predicted molar refractivity (Wildman–Crippen MR) is 101 cm³/mol. The highest BCUT2D eigenvalue weighted by Crippen LogP contribution is 2.62. The molecule has 0 aromatic rings. The van der Waals surface area contributed by atoms with Gasteiger partial charge in [0.2, 0.25) is 0 Å². The molecule has 0 radical (unpaired) electrons. The first kappa shape index (κ1) is 20.2. The molecule has 25 heavy (non-hydrogen) atoms. The molecular formula is C22H36O3. The third kappa shape index (κ3) is 4.17. The van der Waals surface area contributed by atoms with Crippen molar-refractivity contribution in [3.63, 3.8) is 0 Å². The number of hydrogen-bond acceptors (Lipinski definition) is 2. The standard InChI is InChI=1S/C22H36O3/c1-15(13-20(24)25)9-11-21(4)16(2)10-12-22(5)18(14-17(3)23)7-6-8-19(21)22/h7,15-16,19H,6,8-14H2,1-5H3,(H,24,25)/t15-,16-,19-,21+,22-/m1/s1. The van der Waals surface area contributed by atoms with Gasteiger partial charge in [-0.05, 0) is 74.0 Å². The smallest absolute Gasteiger partial charge is 0.303 e. The molecular weight excluding hydrogens is 312 g/mol. The van der Waals surface area contributed by atoms with Gasteiger partial charge in [-0.25, -0.2) is 0 Å². The van der Waals surface area contributed by atoms with E-state index >= 15 is 0 Å². The zero-order chi connectivity index (χ0) is 18.8. The minimum atomic E-state index is -0.691. The molecule has 0 aliphatic heterocycles. The highest BCUT2D eigenvalue weighted by molar-refractivity contribution is 5.78. The van der Waals surface area contributed by atoms with Crippen molar-refractivity contribution in [2.24, 2.45) is 28.6 Å². The molecule has 2 rings (SSSR count). The number of ketones is 1. The van der Waals surface area contributed by atoms with E-state index in [0.717, 1.165) is 19.3 Å². The lowest BCUT2D eigenvalue weighted by Gasteiger charge is -2.58. The second-order valence-corrected chi connectivity index (χ2v) is 9.34. The Morgan fingerprint density at radius 1 is 1.32 bits per heavy atom. The van der Waals surface area contributed by atoms with Crippen LogP contribution >= 0.6 is 0 Å². The van der Waals surface area contributed by atoms with Gasteiger partial charge in [-0.15, -0.1) is 0 Å². The van der Waals surface area contributed by atoms with Gasteiger partial charge in [-0.3, -0.25) is 9.59 Å². The van der Waals surface area contributed by atoms with Crippen molar-refractivity contribution in [1.82, 2.24) is 0 Å². The average Bonchev–Trinajstić information content (AvgIpc) is 2.50. The Morgan fingerprint density at radius 3 is 2.60 bits per heavy atom. The number of aliphatic carboxylic acids is 1. The first-order valence-corrected chi connectivity index (χ1v) is 10.0. The van der Waals surface area contributed by atoms with Gasteiger partial charge in [0.25, 0.3) is 0 Å². The molecule has 2 aliphatic rings. The average molecular weight is 349 g/mol. The van der Waals surface area contributed by atoms with Crippen LogP contribution in [-0.4, -0.2) is 16.9 Å². The number of Topliss-reactive ketones (excluding diaryl/α,β-unsaturated/α-hetero) is 1. The molecule has 1 N–H and O–H groups in total. The second-order valence-electron chi connectivity index (χ2n) is 9.34. The summed E-state index contributed by atoms with van der Waals surface area (Å²) in [5.74, 6) is 1.05. The van der Waals surface area contributed by atoms with Crippen molar-refractivity contribution in [3.05, 3.63) is 11.6 Å². The van der Waals surface area contributed by atoms with E-state index in [0.29, 0.717) is 18.3 Å². The van der Waals surface area contributed by atoms with Gasteiger partial charge in [-0.2, -0.15) is 0 Å². The summed E-state index contributed by atoms with van der Waals surface area (Å²) < 4.78 is 0. The Hall–Kier alpha value is -1.12. The molecule has 1 fully saturated rings. The normalized spacial score (nSPS) is 36.3. The Kier molecular flexibility index (Phi) is 6.17. The fourth-order valence-electron chi connectivity index (χ4n) is 5.70. The van der Waals surface area contributed by atoms with E-state index in [4.69, 9.17) is 5.11 Å². The first-order chi connectivity index (χ1) is 11.6. The van der Waals surface area contributed by atoms with Crippen molar-refractivity contribution in [2.45, 2.75) is 86.0 Å². The third-order valence-electron chi connectivity index (χ3n) is 7.51. The molecule has 0 saturated heterocycles. The molecule has 0 aromatic carbocycles. The fourth-order valence-corrected chi connectivity index (χ4v) is 5.70. The van der Waals surface area contributed by atoms with E-state index in [2.05, 4.69) is 33.8 Å². The predicted octanol–water partition coefficient (Wildman–Crippen LogP) is 5.64. The van der Waals surface area contributed by atoms with Crippen molar-refractivity contribution < 1.29 is 14.7 Å². The Balaban J connectivity index is 2.21. The van der Waals surface area contributed by atoms with Gasteiger partial charge >= 0.3 is 5.97 Å². The Labute approximate surface area is 153 Å². The van der Waals surface area contributed by atoms with Gasteiger partial charge in [0, 0.05) is 12.8 Å². The summed E-state index contributed by atoms with van der Waals surface area (Å²) in [4.78, 5) is 22.8. The number of carboxylic acids is 1. The topological polar surface area (TPSA) is 54.4 Å². The second kappa shape index (κ2) is 7.63. The highest BCUT2D eigenvalue weighted by atomic mass is 16.4. The number of hydrogen-bond donors (Lipinski definition) is 1. The van der Waals surface area contributed by atoms with E-state index < -0.39 is 5.97 Å². The van der Waals surface area contributed by atoms with Crippen LogP contribution in [0.25, 0.3) is 0 Å². The van der Waals surface area contributed by atoms with Crippen LogP contribution in [0.1, 0.15) is 86.0 Å². The van der Waals surface area contributed by atoms with Crippen LogP contribution in [0, 0.1) is 28.6 Å². The van der Waals surface area contributed by atoms with Crippen molar-refractivity contribution in [3.8, 4) is 0 Å². The summed E-state index contributed by atoms with van der Waals surface area (Å²) in [6.45, 7) is 11.0. The first-order valence-electron chi connectivity index (χ1n) is 10.0. The van der Waals surface area contributed by atoms with Crippen LogP contribution in [0.5, 0.6) is 0 Å². The SMILES string of the molecule is CC(=O)CC1=CCC[C@@H]2[C@@](C)(CC[C@@H](C)CC(=O)O)[C@H](C)CC[C@]12C. The summed E-state index contributed by atoms with van der Waals surface area (Å²) in [5.41, 5.74) is 1.74. The molecule has 142 valence electrons. The van der Waals surface area contributed by atoms with E-state index in [1.165, 1.54) is 24.8 Å². The van der Waals surface area contributed by atoms with Crippen molar-refractivity contribution in [1.29, 1.82) is 0 Å². The van der Waals surface area contributed by atoms with E-state index in [-0.39, 0.29) is 29.0 Å². The van der Waals surface area contributed by atoms with E-state index in [1.807, 2.05) is 0 Å². The maximum absolute atomic E-state index is 11.8. The molecule has 5 atom stereocenters. The third-order valence-corrected chi connectivity index (χ3v) is 7.51. The highest BCUT2D eigenvalue weighted by Gasteiger charge is 2.53. The molecule has 0 spiro atoms. The number of carbonyl (C=O) groups is 2. The summed E-state index contributed by atoms with van der Waals surface area (Å²) in [5, 5.41) is 9.04. The fraction of sp³-hybridized carbons (Fsp3) is 0.818. The largest absolute Gasteiger partial charge is 0.481 e. The Bertz CT molecular complexity index is 549. The van der Waals surface area contributed by atoms with Crippen LogP contribution in [0.3, 0.4) is 0 Å². The summed E-state index contributed by atoms with van der Waals surface area (Å²) in [6, 6.07) is 0. The number of rotatable bonds is 7. The monoisotopic (exact) mass is 348 g/mol. The van der Waals surface area contributed by atoms with Crippen molar-refractivity contribution >= 4 is 11.8 Å². The molecule has 0 amide bonds. The Morgan fingerprint density at radius 2 is 2.00 bits per heavy atom. The lowest BCUT2D eigenvalue weighted by Crippen LogP contribution is -2.50. The summed E-state index contributed by atoms with van der Waals surface area (Å²) >= 11 is 0. The number of carbonyl (C=O) groups excluding carboxylic acids is 1. The number of carboxylic acid groups (broad SMARTS) is 1. The van der Waals surface area contributed by atoms with Crippen LogP contribution in [0.4, 0.5) is 0 Å². The molecule has 0 bridgehead atoms.